The minimum atomic E-state index is 0.508. The molecule has 0 atom stereocenters. The SMILES string of the molecule is Cc1cc(C[S+](C)C)ccc1C[S+](C)C. The zero-order valence-electron chi connectivity index (χ0n) is 10.5. The Labute approximate surface area is 100 Å². The first-order chi connectivity index (χ1) is 6.99. The van der Waals surface area contributed by atoms with Gasteiger partial charge in [-0.05, 0) is 34.3 Å². The molecule has 0 bridgehead atoms. The first-order valence-electron chi connectivity index (χ1n) is 5.16. The number of hydrogen-bond acceptors (Lipinski definition) is 0. The summed E-state index contributed by atoms with van der Waals surface area (Å²) in [5.74, 6) is 2.46. The van der Waals surface area contributed by atoms with Gasteiger partial charge in [0.2, 0.25) is 0 Å². The highest BCUT2D eigenvalue weighted by atomic mass is 32.2. The highest BCUT2D eigenvalue weighted by molar-refractivity contribution is 7.95. The van der Waals surface area contributed by atoms with Crippen LogP contribution in [0, 0.1) is 6.92 Å². The molecular weight excluding hydrogens is 220 g/mol. The van der Waals surface area contributed by atoms with Crippen LogP contribution in [0.15, 0.2) is 18.2 Å². The van der Waals surface area contributed by atoms with Gasteiger partial charge in [-0.1, -0.05) is 18.2 Å². The highest BCUT2D eigenvalue weighted by Crippen LogP contribution is 2.15. The van der Waals surface area contributed by atoms with E-state index in [-0.39, 0.29) is 0 Å². The Morgan fingerprint density at radius 1 is 0.933 bits per heavy atom. The zero-order chi connectivity index (χ0) is 11.4. The molecule has 15 heavy (non-hydrogen) atoms. The van der Waals surface area contributed by atoms with E-state index < -0.39 is 0 Å². The summed E-state index contributed by atoms with van der Waals surface area (Å²) in [7, 11) is 1.02. The molecule has 0 aliphatic heterocycles. The van der Waals surface area contributed by atoms with Crippen molar-refractivity contribution in [3.63, 3.8) is 0 Å². The van der Waals surface area contributed by atoms with Crippen molar-refractivity contribution in [1.29, 1.82) is 0 Å². The molecule has 0 N–H and O–H groups in total. The van der Waals surface area contributed by atoms with E-state index in [4.69, 9.17) is 0 Å². The average molecular weight is 242 g/mol. The van der Waals surface area contributed by atoms with E-state index in [1.165, 1.54) is 28.2 Å². The molecule has 0 aliphatic carbocycles. The van der Waals surface area contributed by atoms with Crippen molar-refractivity contribution in [3.05, 3.63) is 34.9 Å². The van der Waals surface area contributed by atoms with E-state index in [1.807, 2.05) is 0 Å². The molecule has 0 aliphatic rings. The summed E-state index contributed by atoms with van der Waals surface area (Å²) in [6.07, 6.45) is 9.23. The lowest BCUT2D eigenvalue weighted by Crippen LogP contribution is -2.04. The molecule has 0 heterocycles. The van der Waals surface area contributed by atoms with E-state index >= 15 is 0 Å². The summed E-state index contributed by atoms with van der Waals surface area (Å²) < 4.78 is 0. The fraction of sp³-hybridized carbons (Fsp3) is 0.538. The fourth-order valence-electron chi connectivity index (χ4n) is 1.65. The third-order valence-electron chi connectivity index (χ3n) is 2.31. The van der Waals surface area contributed by atoms with Crippen LogP contribution in [0.1, 0.15) is 16.7 Å². The minimum absolute atomic E-state index is 0.508. The molecule has 0 radical (unpaired) electrons. The van der Waals surface area contributed by atoms with Crippen molar-refractivity contribution >= 4 is 21.8 Å². The molecule has 1 aromatic carbocycles. The molecule has 1 aromatic rings. The van der Waals surface area contributed by atoms with Crippen molar-refractivity contribution in [2.75, 3.05) is 25.0 Å². The van der Waals surface area contributed by atoms with Gasteiger partial charge in [0.15, 0.2) is 0 Å². The van der Waals surface area contributed by atoms with Crippen LogP contribution in [-0.4, -0.2) is 25.0 Å². The van der Waals surface area contributed by atoms with Crippen molar-refractivity contribution in [2.24, 2.45) is 0 Å². The zero-order valence-corrected chi connectivity index (χ0v) is 12.1. The maximum absolute atomic E-state index is 2.37. The van der Waals surface area contributed by atoms with Crippen LogP contribution in [0.5, 0.6) is 0 Å². The lowest BCUT2D eigenvalue weighted by Gasteiger charge is -2.06. The molecular formula is C13H22S2+2. The monoisotopic (exact) mass is 242 g/mol. The second kappa shape index (κ2) is 5.86. The van der Waals surface area contributed by atoms with Gasteiger partial charge in [0.25, 0.3) is 0 Å². The average Bonchev–Trinajstić information content (AvgIpc) is 2.08. The Balaban J connectivity index is 2.78. The van der Waals surface area contributed by atoms with E-state index in [2.05, 4.69) is 50.1 Å². The van der Waals surface area contributed by atoms with Gasteiger partial charge in [0.05, 0.1) is 25.0 Å². The topological polar surface area (TPSA) is 0 Å². The first kappa shape index (κ1) is 13.0. The third-order valence-corrected chi connectivity index (χ3v) is 4.11. The van der Waals surface area contributed by atoms with Gasteiger partial charge in [-0.2, -0.15) is 0 Å². The molecule has 0 amide bonds. The number of aryl methyl sites for hydroxylation is 1. The quantitative estimate of drug-likeness (QED) is 0.712. The fourth-order valence-corrected chi connectivity index (χ4v) is 3.45. The summed E-state index contributed by atoms with van der Waals surface area (Å²) in [5, 5.41) is 0. The largest absolute Gasteiger partial charge is 0.132 e. The molecule has 0 saturated carbocycles. The van der Waals surface area contributed by atoms with Crippen LogP contribution in [0.4, 0.5) is 0 Å². The molecule has 2 heteroatoms. The summed E-state index contributed by atoms with van der Waals surface area (Å²) in [4.78, 5) is 0. The van der Waals surface area contributed by atoms with Gasteiger partial charge in [-0.15, -0.1) is 0 Å². The molecule has 0 saturated heterocycles. The number of rotatable bonds is 4. The van der Waals surface area contributed by atoms with Crippen molar-refractivity contribution in [3.8, 4) is 0 Å². The van der Waals surface area contributed by atoms with Gasteiger partial charge < -0.3 is 0 Å². The normalized spacial score (nSPS) is 11.4. The molecule has 84 valence electrons. The van der Waals surface area contributed by atoms with E-state index in [9.17, 15) is 0 Å². The minimum Gasteiger partial charge on any atom is -0.0539 e. The van der Waals surface area contributed by atoms with Crippen LogP contribution in [0.3, 0.4) is 0 Å². The standard InChI is InChI=1S/C13H22S2/c1-11-8-12(9-14(2)3)6-7-13(11)10-15(4)5/h6-8H,9-10H2,1-5H3/q+2. The maximum atomic E-state index is 2.37. The van der Waals surface area contributed by atoms with Gasteiger partial charge in [0.1, 0.15) is 11.5 Å². The molecule has 0 aromatic heterocycles. The molecule has 0 spiro atoms. The van der Waals surface area contributed by atoms with Crippen molar-refractivity contribution in [1.82, 2.24) is 0 Å². The number of benzene rings is 1. The Hall–Kier alpha value is -0.0800. The molecule has 0 unspecified atom stereocenters. The second-order valence-corrected chi connectivity index (χ2v) is 9.04. The number of hydrogen-bond donors (Lipinski definition) is 0. The Morgan fingerprint density at radius 2 is 1.53 bits per heavy atom. The van der Waals surface area contributed by atoms with Crippen molar-refractivity contribution < 1.29 is 0 Å². The summed E-state index contributed by atoms with van der Waals surface area (Å²) in [5.41, 5.74) is 4.50. The highest BCUT2D eigenvalue weighted by Gasteiger charge is 2.10. The third kappa shape index (κ3) is 4.52. The smallest absolute Gasteiger partial charge is 0.0539 e. The maximum Gasteiger partial charge on any atom is 0.132 e. The van der Waals surface area contributed by atoms with Crippen LogP contribution in [-0.2, 0) is 33.3 Å². The van der Waals surface area contributed by atoms with Crippen LogP contribution < -0.4 is 0 Å². The van der Waals surface area contributed by atoms with Gasteiger partial charge >= 0.3 is 0 Å². The predicted octanol–water partition coefficient (Wildman–Crippen LogP) is 2.75. The second-order valence-electron chi connectivity index (χ2n) is 4.52. The van der Waals surface area contributed by atoms with E-state index in [0.29, 0.717) is 21.8 Å². The lowest BCUT2D eigenvalue weighted by molar-refractivity contribution is 1.26. The van der Waals surface area contributed by atoms with Crippen LogP contribution >= 0.6 is 0 Å². The first-order valence-corrected chi connectivity index (χ1v) is 9.58. The Kier molecular flexibility index (Phi) is 5.07. The Bertz CT molecular complexity index is 316. The van der Waals surface area contributed by atoms with Gasteiger partial charge in [0, 0.05) is 11.1 Å². The lowest BCUT2D eigenvalue weighted by atomic mass is 10.1. The van der Waals surface area contributed by atoms with Gasteiger partial charge in [-0.25, -0.2) is 0 Å². The summed E-state index contributed by atoms with van der Waals surface area (Å²) in [6.45, 7) is 2.25. The van der Waals surface area contributed by atoms with Crippen LogP contribution in [0.2, 0.25) is 0 Å². The van der Waals surface area contributed by atoms with Crippen molar-refractivity contribution in [2.45, 2.75) is 18.4 Å². The van der Waals surface area contributed by atoms with Gasteiger partial charge in [-0.3, -0.25) is 0 Å². The summed E-state index contributed by atoms with van der Waals surface area (Å²) >= 11 is 0. The summed E-state index contributed by atoms with van der Waals surface area (Å²) in [6, 6.07) is 7.00. The molecule has 0 fully saturated rings. The van der Waals surface area contributed by atoms with E-state index in [1.54, 1.807) is 0 Å². The van der Waals surface area contributed by atoms with Crippen LogP contribution in [0.25, 0.3) is 0 Å². The van der Waals surface area contributed by atoms with E-state index in [0.717, 1.165) is 0 Å². The predicted molar refractivity (Wildman–Crippen MR) is 77.0 cm³/mol. The Morgan fingerprint density at radius 3 is 2.00 bits per heavy atom. The molecule has 0 nitrogen and oxygen atoms in total. The molecule has 1 rings (SSSR count).